The number of nitrogens with zero attached hydrogens (tertiary/aromatic N) is 2. The van der Waals surface area contributed by atoms with E-state index < -0.39 is 17.1 Å². The third-order valence-corrected chi connectivity index (χ3v) is 11.3. The van der Waals surface area contributed by atoms with Gasteiger partial charge in [0.05, 0.1) is 11.4 Å². The first-order chi connectivity index (χ1) is 26.4. The molecule has 3 amide bonds. The summed E-state index contributed by atoms with van der Waals surface area (Å²) in [6.07, 6.45) is 12.3. The molecule has 0 unspecified atom stereocenters. The summed E-state index contributed by atoms with van der Waals surface area (Å²) in [6.45, 7) is 6.95. The summed E-state index contributed by atoms with van der Waals surface area (Å²) in [5.74, 6) is -1.23. The number of hydrogen-bond donors (Lipinski definition) is 3. The van der Waals surface area contributed by atoms with Gasteiger partial charge < -0.3 is 25.0 Å². The van der Waals surface area contributed by atoms with E-state index in [9.17, 15) is 19.2 Å². The van der Waals surface area contributed by atoms with Crippen LogP contribution in [0.4, 0.5) is 16.2 Å². The number of benzene rings is 3. The third kappa shape index (κ3) is 8.19. The number of aryl methyl sites for hydroxylation is 1. The van der Waals surface area contributed by atoms with Gasteiger partial charge in [-0.05, 0) is 113 Å². The van der Waals surface area contributed by atoms with Crippen LogP contribution >= 0.6 is 0 Å². The lowest BCUT2D eigenvalue weighted by Gasteiger charge is -2.29. The molecule has 2 heterocycles. The Morgan fingerprint density at radius 1 is 0.855 bits per heavy atom. The Morgan fingerprint density at radius 3 is 2.27 bits per heavy atom. The van der Waals surface area contributed by atoms with Crippen molar-refractivity contribution in [2.45, 2.75) is 115 Å². The first-order valence-corrected chi connectivity index (χ1v) is 19.8. The Bertz CT molecular complexity index is 2110. The molecule has 0 saturated heterocycles. The Morgan fingerprint density at radius 2 is 1.56 bits per heavy atom. The van der Waals surface area contributed by atoms with Crippen LogP contribution in [0.5, 0.6) is 0 Å². The molecular formula is C45H52N4O6. The van der Waals surface area contributed by atoms with Crippen LogP contribution in [0, 0.1) is 0 Å². The number of carboxylic acid groups (broad SMARTS) is 1. The minimum absolute atomic E-state index is 0.261. The summed E-state index contributed by atoms with van der Waals surface area (Å²) < 4.78 is 8.30. The van der Waals surface area contributed by atoms with E-state index >= 15 is 0 Å². The van der Waals surface area contributed by atoms with Crippen molar-refractivity contribution < 1.29 is 29.0 Å². The number of aromatic nitrogens is 1. The lowest BCUT2D eigenvalue weighted by Crippen LogP contribution is -2.55. The van der Waals surface area contributed by atoms with Gasteiger partial charge in [-0.1, -0.05) is 68.5 Å². The Kier molecular flexibility index (Phi) is 10.9. The predicted octanol–water partition coefficient (Wildman–Crippen LogP) is 9.67. The minimum Gasteiger partial charge on any atom is -0.478 e. The fourth-order valence-corrected chi connectivity index (χ4v) is 8.69. The van der Waals surface area contributed by atoms with E-state index in [1.165, 1.54) is 30.9 Å². The first kappa shape index (κ1) is 37.9. The Balaban J connectivity index is 1.25. The summed E-state index contributed by atoms with van der Waals surface area (Å²) in [5.41, 5.74) is 5.30. The van der Waals surface area contributed by atoms with Crippen molar-refractivity contribution in [3.63, 3.8) is 0 Å². The lowest BCUT2D eigenvalue weighted by molar-refractivity contribution is -0.131. The average Bonchev–Trinajstić information content (AvgIpc) is 3.78. The van der Waals surface area contributed by atoms with E-state index in [-0.39, 0.29) is 17.9 Å². The number of fused-ring (bicyclic) bond motifs is 5. The van der Waals surface area contributed by atoms with Crippen LogP contribution in [-0.2, 0) is 20.9 Å². The number of carbonyl (C=O) groups is 4. The monoisotopic (exact) mass is 744 g/mol. The standard InChI is InChI=1S/C45H52N4O6/c1-44(2,3)55-43(54)49-28-12-11-27-48-37-29-32(20-23-34(37)39(31-13-5-4-6-14-31)40(48)35-15-7-8-16-36(35)49)41(52)47-45(25-9-10-26-45)42(53)46-33-21-17-30(18-22-33)19-24-38(50)51/h7-8,15-24,29,31H,4-6,9-14,25-28H2,1-3H3,(H,46,53)(H,47,52)(H,50,51)/b24-19+. The van der Waals surface area contributed by atoms with E-state index in [1.54, 1.807) is 29.2 Å². The quantitative estimate of drug-likeness (QED) is 0.162. The fraction of sp³-hybridized carbons (Fsp3) is 0.422. The van der Waals surface area contributed by atoms with Crippen LogP contribution in [0.15, 0.2) is 72.8 Å². The number of nitrogens with one attached hydrogen (secondary N) is 2. The van der Waals surface area contributed by atoms with E-state index in [0.29, 0.717) is 42.1 Å². The number of hydrogen-bond acceptors (Lipinski definition) is 5. The Hall–Kier alpha value is -5.38. The molecule has 2 fully saturated rings. The molecule has 10 heteroatoms. The van der Waals surface area contributed by atoms with Gasteiger partial charge in [-0.25, -0.2) is 9.59 Å². The van der Waals surface area contributed by atoms with Crippen LogP contribution in [0.2, 0.25) is 0 Å². The SMILES string of the molecule is CC(C)(C)OC(=O)N1CCCCn2c(c(C3CCCCC3)c3ccc(C(=O)NC4(C(=O)Nc5ccc(/C=C/C(=O)O)cc5)CCCC4)cc32)-c2ccccc21. The van der Waals surface area contributed by atoms with E-state index in [4.69, 9.17) is 9.84 Å². The summed E-state index contributed by atoms with van der Waals surface area (Å²) in [4.78, 5) is 54.6. The number of anilines is 2. The topological polar surface area (TPSA) is 130 Å². The predicted molar refractivity (Wildman–Crippen MR) is 216 cm³/mol. The Labute approximate surface area is 322 Å². The lowest BCUT2D eigenvalue weighted by atomic mass is 9.81. The normalized spacial score (nSPS) is 17.5. The zero-order valence-electron chi connectivity index (χ0n) is 32.2. The van der Waals surface area contributed by atoms with Crippen LogP contribution in [0.1, 0.15) is 119 Å². The van der Waals surface area contributed by atoms with Gasteiger partial charge in [0.25, 0.3) is 5.91 Å². The van der Waals surface area contributed by atoms with Gasteiger partial charge in [0.2, 0.25) is 5.91 Å². The second-order valence-corrected chi connectivity index (χ2v) is 16.3. The minimum atomic E-state index is -1.06. The van der Waals surface area contributed by atoms with Gasteiger partial charge >= 0.3 is 12.1 Å². The van der Waals surface area contributed by atoms with Gasteiger partial charge in [0, 0.05) is 46.9 Å². The highest BCUT2D eigenvalue weighted by Gasteiger charge is 2.43. The van der Waals surface area contributed by atoms with Gasteiger partial charge in [-0.15, -0.1) is 0 Å². The molecule has 2 saturated carbocycles. The van der Waals surface area contributed by atoms with Crippen LogP contribution in [-0.4, -0.2) is 51.2 Å². The largest absolute Gasteiger partial charge is 0.478 e. The van der Waals surface area contributed by atoms with Crippen LogP contribution in [0.3, 0.4) is 0 Å². The molecule has 3 N–H and O–H groups in total. The van der Waals surface area contributed by atoms with Gasteiger partial charge in [0.1, 0.15) is 11.1 Å². The molecule has 55 heavy (non-hydrogen) atoms. The zero-order valence-corrected chi connectivity index (χ0v) is 32.2. The second kappa shape index (κ2) is 15.8. The molecule has 3 aromatic carbocycles. The summed E-state index contributed by atoms with van der Waals surface area (Å²) in [5, 5.41) is 16.2. The molecule has 10 nitrogen and oxygen atoms in total. The van der Waals surface area contributed by atoms with Gasteiger partial charge in [-0.3, -0.25) is 14.5 Å². The molecule has 0 spiro atoms. The van der Waals surface area contributed by atoms with E-state index in [1.807, 2.05) is 51.1 Å². The molecular weight excluding hydrogens is 693 g/mol. The fourth-order valence-electron chi connectivity index (χ4n) is 8.69. The number of amides is 3. The summed E-state index contributed by atoms with van der Waals surface area (Å²) in [7, 11) is 0. The molecule has 0 bridgehead atoms. The van der Waals surface area contributed by atoms with Gasteiger partial charge in [-0.2, -0.15) is 0 Å². The smallest absolute Gasteiger partial charge is 0.414 e. The molecule has 0 radical (unpaired) electrons. The average molecular weight is 745 g/mol. The number of ether oxygens (including phenoxy) is 1. The van der Waals surface area contributed by atoms with Crippen molar-refractivity contribution in [2.75, 3.05) is 16.8 Å². The van der Waals surface area contributed by atoms with Crippen molar-refractivity contribution in [3.05, 3.63) is 89.5 Å². The summed E-state index contributed by atoms with van der Waals surface area (Å²) in [6, 6.07) is 21.1. The molecule has 3 aliphatic rings. The van der Waals surface area contributed by atoms with Crippen molar-refractivity contribution in [2.24, 2.45) is 0 Å². The number of carboxylic acids is 1. The van der Waals surface area contributed by atoms with Crippen molar-refractivity contribution in [1.82, 2.24) is 9.88 Å². The molecule has 1 aliphatic heterocycles. The van der Waals surface area contributed by atoms with E-state index in [0.717, 1.165) is 79.0 Å². The van der Waals surface area contributed by atoms with Crippen LogP contribution < -0.4 is 15.5 Å². The maximum absolute atomic E-state index is 14.2. The zero-order chi connectivity index (χ0) is 38.7. The van der Waals surface area contributed by atoms with Gasteiger partial charge in [0.15, 0.2) is 0 Å². The van der Waals surface area contributed by atoms with Crippen molar-refractivity contribution in [1.29, 1.82) is 0 Å². The number of carbonyl (C=O) groups excluding carboxylic acids is 3. The van der Waals surface area contributed by atoms with Crippen molar-refractivity contribution >= 4 is 52.2 Å². The third-order valence-electron chi connectivity index (χ3n) is 11.3. The summed E-state index contributed by atoms with van der Waals surface area (Å²) >= 11 is 0. The molecule has 4 aromatic rings. The molecule has 0 atom stereocenters. The van der Waals surface area contributed by atoms with Crippen LogP contribution in [0.25, 0.3) is 28.2 Å². The highest BCUT2D eigenvalue weighted by Crippen LogP contribution is 2.47. The number of para-hydroxylation sites is 1. The molecule has 2 aliphatic carbocycles. The number of rotatable bonds is 7. The second-order valence-electron chi connectivity index (χ2n) is 16.3. The highest BCUT2D eigenvalue weighted by molar-refractivity contribution is 6.06. The molecule has 7 rings (SSSR count). The van der Waals surface area contributed by atoms with Crippen molar-refractivity contribution in [3.8, 4) is 11.3 Å². The van der Waals surface area contributed by atoms with E-state index in [2.05, 4.69) is 27.3 Å². The number of aliphatic carboxylic acids is 1. The maximum atomic E-state index is 14.2. The first-order valence-electron chi connectivity index (χ1n) is 19.8. The molecule has 1 aromatic heterocycles. The maximum Gasteiger partial charge on any atom is 0.414 e. The molecule has 288 valence electrons. The highest BCUT2D eigenvalue weighted by atomic mass is 16.6.